The third kappa shape index (κ3) is 3.94. The number of anilines is 4. The molecule has 0 radical (unpaired) electrons. The Morgan fingerprint density at radius 1 is 1.08 bits per heavy atom. The fraction of sp³-hybridized carbons (Fsp3) is 0.333. The van der Waals surface area contributed by atoms with Crippen molar-refractivity contribution < 1.29 is 14.9 Å². The number of hydrogen-bond donors (Lipinski definition) is 2. The van der Waals surface area contributed by atoms with Crippen molar-refractivity contribution in [2.24, 2.45) is 7.05 Å². The van der Waals surface area contributed by atoms with Crippen LogP contribution < -0.4 is 19.4 Å². The second kappa shape index (κ2) is 9.22. The van der Waals surface area contributed by atoms with Gasteiger partial charge in [-0.2, -0.15) is 10.4 Å². The lowest BCUT2D eigenvalue weighted by atomic mass is 9.96. The molecule has 36 heavy (non-hydrogen) atoms. The van der Waals surface area contributed by atoms with Crippen LogP contribution in [0.25, 0.3) is 17.2 Å². The van der Waals surface area contributed by atoms with Gasteiger partial charge in [-0.1, -0.05) is 0 Å². The van der Waals surface area contributed by atoms with Crippen molar-refractivity contribution >= 4 is 28.8 Å². The Balaban J connectivity index is 1.70. The SMILES string of the molecule is CC1=Cc2c(N3CCN(C)c4cc(-c5cnn(C)c5)c(C#N)cc43)cc(OCCO)cc2N(C)C1O. The van der Waals surface area contributed by atoms with E-state index in [2.05, 4.69) is 34.1 Å². The van der Waals surface area contributed by atoms with E-state index in [1.54, 1.807) is 10.9 Å². The number of likely N-dealkylation sites (N-methyl/N-ethyl adjacent to an activating group) is 2. The van der Waals surface area contributed by atoms with Crippen LogP contribution in [0, 0.1) is 11.3 Å². The van der Waals surface area contributed by atoms with Gasteiger partial charge in [-0.3, -0.25) is 4.68 Å². The van der Waals surface area contributed by atoms with Gasteiger partial charge in [0.1, 0.15) is 18.6 Å². The highest BCUT2D eigenvalue weighted by atomic mass is 16.5. The number of nitriles is 1. The Labute approximate surface area is 210 Å². The maximum atomic E-state index is 10.7. The average Bonchev–Trinajstić information content (AvgIpc) is 3.31. The first kappa shape index (κ1) is 23.7. The van der Waals surface area contributed by atoms with Crippen LogP contribution in [0.2, 0.25) is 0 Å². The molecule has 2 aliphatic rings. The van der Waals surface area contributed by atoms with Gasteiger partial charge in [-0.15, -0.1) is 0 Å². The van der Waals surface area contributed by atoms with Gasteiger partial charge < -0.3 is 29.6 Å². The van der Waals surface area contributed by atoms with E-state index in [4.69, 9.17) is 4.74 Å². The first-order valence-corrected chi connectivity index (χ1v) is 11.9. The van der Waals surface area contributed by atoms with Crippen LogP contribution in [0.3, 0.4) is 0 Å². The highest BCUT2D eigenvalue weighted by Crippen LogP contribution is 2.47. The molecular formula is C27H30N6O3. The summed E-state index contributed by atoms with van der Waals surface area (Å²) in [6.45, 7) is 3.48. The van der Waals surface area contributed by atoms with E-state index in [1.807, 2.05) is 56.4 Å². The molecule has 0 amide bonds. The predicted molar refractivity (Wildman–Crippen MR) is 141 cm³/mol. The molecule has 9 nitrogen and oxygen atoms in total. The minimum Gasteiger partial charge on any atom is -0.491 e. The van der Waals surface area contributed by atoms with Crippen LogP contribution in [0.4, 0.5) is 22.7 Å². The van der Waals surface area contributed by atoms with Crippen molar-refractivity contribution in [2.45, 2.75) is 13.2 Å². The van der Waals surface area contributed by atoms with Crippen LogP contribution in [0.15, 0.2) is 42.2 Å². The zero-order valence-corrected chi connectivity index (χ0v) is 20.9. The summed E-state index contributed by atoms with van der Waals surface area (Å²) in [7, 11) is 5.77. The summed E-state index contributed by atoms with van der Waals surface area (Å²) >= 11 is 0. The van der Waals surface area contributed by atoms with Gasteiger partial charge in [0.05, 0.1) is 47.2 Å². The smallest absolute Gasteiger partial charge is 0.149 e. The van der Waals surface area contributed by atoms with Crippen molar-refractivity contribution in [1.82, 2.24) is 9.78 Å². The molecule has 1 atom stereocenters. The van der Waals surface area contributed by atoms with E-state index in [0.717, 1.165) is 51.6 Å². The zero-order valence-electron chi connectivity index (χ0n) is 20.9. The van der Waals surface area contributed by atoms with Crippen LogP contribution in [0.5, 0.6) is 5.75 Å². The maximum absolute atomic E-state index is 10.7. The Morgan fingerprint density at radius 3 is 2.56 bits per heavy atom. The van der Waals surface area contributed by atoms with Gasteiger partial charge in [-0.25, -0.2) is 0 Å². The van der Waals surface area contributed by atoms with E-state index in [0.29, 0.717) is 17.9 Å². The first-order valence-electron chi connectivity index (χ1n) is 11.9. The number of aryl methyl sites for hydroxylation is 1. The third-order valence-corrected chi connectivity index (χ3v) is 6.90. The quantitative estimate of drug-likeness (QED) is 0.568. The highest BCUT2D eigenvalue weighted by molar-refractivity contribution is 5.92. The van der Waals surface area contributed by atoms with Crippen LogP contribution in [-0.4, -0.2) is 66.6 Å². The average molecular weight is 487 g/mol. The number of rotatable bonds is 5. The van der Waals surface area contributed by atoms with Crippen molar-refractivity contribution in [3.63, 3.8) is 0 Å². The molecule has 0 saturated carbocycles. The summed E-state index contributed by atoms with van der Waals surface area (Å²) in [6, 6.07) is 10.2. The van der Waals surface area contributed by atoms with Gasteiger partial charge in [-0.05, 0) is 30.7 Å². The molecule has 9 heteroatoms. The van der Waals surface area contributed by atoms with E-state index < -0.39 is 6.23 Å². The molecular weight excluding hydrogens is 456 g/mol. The van der Waals surface area contributed by atoms with Gasteiger partial charge in [0, 0.05) is 69.3 Å². The number of aliphatic hydroxyl groups is 2. The lowest BCUT2D eigenvalue weighted by Crippen LogP contribution is -2.38. The van der Waals surface area contributed by atoms with Gasteiger partial charge in [0.15, 0.2) is 0 Å². The second-order valence-corrected chi connectivity index (χ2v) is 9.29. The number of fused-ring (bicyclic) bond motifs is 2. The van der Waals surface area contributed by atoms with Crippen molar-refractivity contribution in [3.05, 3.63) is 53.4 Å². The number of aromatic nitrogens is 2. The monoisotopic (exact) mass is 486 g/mol. The minimum absolute atomic E-state index is 0.0934. The third-order valence-electron chi connectivity index (χ3n) is 6.90. The molecule has 2 aromatic carbocycles. The van der Waals surface area contributed by atoms with E-state index in [-0.39, 0.29) is 13.2 Å². The Bertz CT molecular complexity index is 1390. The van der Waals surface area contributed by atoms with Crippen molar-refractivity contribution in [2.75, 3.05) is 55.1 Å². The van der Waals surface area contributed by atoms with E-state index in [9.17, 15) is 15.5 Å². The molecule has 5 rings (SSSR count). The Kier molecular flexibility index (Phi) is 6.08. The summed E-state index contributed by atoms with van der Waals surface area (Å²) in [5.74, 6) is 0.609. The number of ether oxygens (including phenoxy) is 1. The molecule has 3 heterocycles. The lowest BCUT2D eigenvalue weighted by Gasteiger charge is -2.40. The largest absolute Gasteiger partial charge is 0.491 e. The number of nitrogens with zero attached hydrogens (tertiary/aromatic N) is 6. The van der Waals surface area contributed by atoms with Gasteiger partial charge in [0.2, 0.25) is 0 Å². The van der Waals surface area contributed by atoms with Crippen molar-refractivity contribution in [1.29, 1.82) is 5.26 Å². The van der Waals surface area contributed by atoms with Crippen LogP contribution in [0.1, 0.15) is 18.1 Å². The molecule has 0 fully saturated rings. The van der Waals surface area contributed by atoms with Gasteiger partial charge >= 0.3 is 0 Å². The fourth-order valence-corrected chi connectivity index (χ4v) is 4.98. The molecule has 0 bridgehead atoms. The topological polar surface area (TPSA) is 101 Å². The Morgan fingerprint density at radius 2 is 1.86 bits per heavy atom. The molecule has 186 valence electrons. The molecule has 0 aliphatic carbocycles. The Hall–Kier alpha value is -4.00. The molecule has 2 aliphatic heterocycles. The lowest BCUT2D eigenvalue weighted by molar-refractivity contribution is 0.200. The summed E-state index contributed by atoms with van der Waals surface area (Å²) in [4.78, 5) is 6.23. The van der Waals surface area contributed by atoms with Crippen LogP contribution in [-0.2, 0) is 7.05 Å². The number of aliphatic hydroxyl groups excluding tert-OH is 2. The second-order valence-electron chi connectivity index (χ2n) is 9.29. The van der Waals surface area contributed by atoms with Crippen LogP contribution >= 0.6 is 0 Å². The van der Waals surface area contributed by atoms with E-state index in [1.165, 1.54) is 0 Å². The first-order chi connectivity index (χ1) is 17.3. The maximum Gasteiger partial charge on any atom is 0.149 e. The molecule has 0 spiro atoms. The summed E-state index contributed by atoms with van der Waals surface area (Å²) < 4.78 is 7.55. The number of benzene rings is 2. The zero-order chi connectivity index (χ0) is 25.6. The molecule has 0 saturated heterocycles. The van der Waals surface area contributed by atoms with Gasteiger partial charge in [0.25, 0.3) is 0 Å². The summed E-state index contributed by atoms with van der Waals surface area (Å²) in [6.07, 6.45) is 4.97. The normalized spacial score (nSPS) is 16.9. The molecule has 1 unspecified atom stereocenters. The number of hydrogen-bond acceptors (Lipinski definition) is 8. The van der Waals surface area contributed by atoms with Crippen molar-refractivity contribution in [3.8, 4) is 22.9 Å². The highest BCUT2D eigenvalue weighted by Gasteiger charge is 2.30. The minimum atomic E-state index is -0.731. The predicted octanol–water partition coefficient (Wildman–Crippen LogP) is 3.09. The summed E-state index contributed by atoms with van der Waals surface area (Å²) in [5.41, 5.74) is 7.83. The molecule has 2 N–H and O–H groups in total. The summed E-state index contributed by atoms with van der Waals surface area (Å²) in [5, 5.41) is 34.3. The molecule has 1 aromatic heterocycles. The fourth-order valence-electron chi connectivity index (χ4n) is 4.98. The van der Waals surface area contributed by atoms with E-state index >= 15 is 0 Å². The standard InChI is InChI=1S/C27H30N6O3/c1-17-9-22-23(32(4)27(17)35)11-20(36-8-7-34)12-24(22)33-6-5-30(2)25-13-21(18(14-28)10-26(25)33)19-15-29-31(3)16-19/h9-13,15-16,27,34-35H,5-8H2,1-4H3. The molecule has 3 aromatic rings.